The van der Waals surface area contributed by atoms with Gasteiger partial charge in [-0.3, -0.25) is 4.79 Å². The summed E-state index contributed by atoms with van der Waals surface area (Å²) in [5.74, 6) is -0.790. The van der Waals surface area contributed by atoms with Crippen molar-refractivity contribution < 1.29 is 22.7 Å². The number of anilines is 2. The third-order valence-electron chi connectivity index (χ3n) is 4.07. The summed E-state index contributed by atoms with van der Waals surface area (Å²) >= 11 is 6.08. The number of hydrogen-bond acceptors (Lipinski definition) is 4. The van der Waals surface area contributed by atoms with E-state index in [2.05, 4.69) is 10.4 Å². The smallest absolute Gasteiger partial charge is 0.435 e. The second kappa shape index (κ2) is 8.66. The molecule has 0 fully saturated rings. The van der Waals surface area contributed by atoms with Gasteiger partial charge in [-0.2, -0.15) is 23.0 Å². The predicted octanol–water partition coefficient (Wildman–Crippen LogP) is 4.63. The van der Waals surface area contributed by atoms with Crippen molar-refractivity contribution in [1.82, 2.24) is 9.78 Å². The van der Waals surface area contributed by atoms with Crippen molar-refractivity contribution in [3.63, 3.8) is 0 Å². The van der Waals surface area contributed by atoms with E-state index in [0.717, 1.165) is 16.4 Å². The lowest BCUT2D eigenvalue weighted by atomic mass is 10.2. The molecule has 1 heterocycles. The Morgan fingerprint density at radius 2 is 1.83 bits per heavy atom. The minimum atomic E-state index is -4.68. The number of amides is 1. The number of aromatic nitrogens is 2. The van der Waals surface area contributed by atoms with Crippen LogP contribution in [0.3, 0.4) is 0 Å². The number of rotatable bonds is 6. The van der Waals surface area contributed by atoms with Crippen LogP contribution >= 0.6 is 11.6 Å². The topological polar surface area (TPSA) is 59.4 Å². The summed E-state index contributed by atoms with van der Waals surface area (Å²) in [7, 11) is 3.78. The summed E-state index contributed by atoms with van der Waals surface area (Å²) in [5, 5.41) is 6.36. The Kier molecular flexibility index (Phi) is 6.21. The second-order valence-electron chi connectivity index (χ2n) is 6.51. The fraction of sp³-hybridized carbons (Fsp3) is 0.200. The van der Waals surface area contributed by atoms with E-state index in [1.54, 1.807) is 24.3 Å². The first-order valence-corrected chi connectivity index (χ1v) is 9.15. The average molecular weight is 439 g/mol. The number of alkyl halides is 3. The van der Waals surface area contributed by atoms with Crippen LogP contribution in [0, 0.1) is 0 Å². The molecule has 3 aromatic rings. The van der Waals surface area contributed by atoms with E-state index in [4.69, 9.17) is 16.3 Å². The van der Waals surface area contributed by atoms with Crippen molar-refractivity contribution in [2.75, 3.05) is 30.9 Å². The minimum Gasteiger partial charge on any atom is -0.467 e. The van der Waals surface area contributed by atoms with Crippen molar-refractivity contribution in [2.45, 2.75) is 6.18 Å². The van der Waals surface area contributed by atoms with Crippen LogP contribution in [0.4, 0.5) is 24.5 Å². The first kappa shape index (κ1) is 21.5. The molecule has 30 heavy (non-hydrogen) atoms. The maximum absolute atomic E-state index is 13.1. The SMILES string of the molecule is CN(C)c1ccc(NC(=O)COc2cc(C(F)(F)F)nn2-c2ccccc2Cl)cc1. The van der Waals surface area contributed by atoms with Crippen LogP contribution in [0.15, 0.2) is 54.6 Å². The molecule has 0 radical (unpaired) electrons. The number of carbonyl (C=O) groups excluding carboxylic acids is 1. The van der Waals surface area contributed by atoms with Gasteiger partial charge in [0.25, 0.3) is 5.91 Å². The van der Waals surface area contributed by atoms with Gasteiger partial charge in [-0.05, 0) is 36.4 Å². The van der Waals surface area contributed by atoms with Gasteiger partial charge in [-0.25, -0.2) is 0 Å². The maximum atomic E-state index is 13.1. The van der Waals surface area contributed by atoms with Crippen LogP contribution in [0.25, 0.3) is 5.69 Å². The summed E-state index contributed by atoms with van der Waals surface area (Å²) in [6.45, 7) is -0.511. The number of para-hydroxylation sites is 1. The van der Waals surface area contributed by atoms with Gasteiger partial charge in [-0.1, -0.05) is 23.7 Å². The van der Waals surface area contributed by atoms with Crippen molar-refractivity contribution >= 4 is 28.9 Å². The number of hydrogen-bond donors (Lipinski definition) is 1. The molecule has 3 rings (SSSR count). The highest BCUT2D eigenvalue weighted by Crippen LogP contribution is 2.33. The van der Waals surface area contributed by atoms with Gasteiger partial charge in [0.2, 0.25) is 5.88 Å². The van der Waals surface area contributed by atoms with Crippen LogP contribution in [0.5, 0.6) is 5.88 Å². The highest BCUT2D eigenvalue weighted by atomic mass is 35.5. The maximum Gasteiger partial charge on any atom is 0.435 e. The van der Waals surface area contributed by atoms with Crippen LogP contribution in [0.1, 0.15) is 5.69 Å². The van der Waals surface area contributed by atoms with Crippen molar-refractivity contribution in [3.8, 4) is 11.6 Å². The molecule has 0 aliphatic heterocycles. The minimum absolute atomic E-state index is 0.185. The third-order valence-corrected chi connectivity index (χ3v) is 4.39. The molecule has 0 aliphatic carbocycles. The molecule has 0 bridgehead atoms. The largest absolute Gasteiger partial charge is 0.467 e. The first-order valence-electron chi connectivity index (χ1n) is 8.77. The number of halogens is 4. The summed E-state index contributed by atoms with van der Waals surface area (Å²) in [6.07, 6.45) is -4.68. The highest BCUT2D eigenvalue weighted by molar-refractivity contribution is 6.32. The molecule has 1 N–H and O–H groups in total. The van der Waals surface area contributed by atoms with E-state index in [1.807, 2.05) is 31.1 Å². The zero-order valence-electron chi connectivity index (χ0n) is 16.1. The molecular formula is C20H18ClF3N4O2. The lowest BCUT2D eigenvalue weighted by Crippen LogP contribution is -2.21. The van der Waals surface area contributed by atoms with Crippen LogP contribution in [-0.4, -0.2) is 36.4 Å². The molecule has 0 saturated carbocycles. The van der Waals surface area contributed by atoms with Gasteiger partial charge in [0, 0.05) is 31.5 Å². The number of carbonyl (C=O) groups is 1. The van der Waals surface area contributed by atoms with E-state index in [9.17, 15) is 18.0 Å². The van der Waals surface area contributed by atoms with E-state index < -0.39 is 24.4 Å². The molecule has 0 aliphatic rings. The highest BCUT2D eigenvalue weighted by Gasteiger charge is 2.36. The summed E-state index contributed by atoms with van der Waals surface area (Å²) in [4.78, 5) is 14.1. The fourth-order valence-electron chi connectivity index (χ4n) is 2.58. The monoisotopic (exact) mass is 438 g/mol. The predicted molar refractivity (Wildman–Crippen MR) is 108 cm³/mol. The second-order valence-corrected chi connectivity index (χ2v) is 6.91. The van der Waals surface area contributed by atoms with Crippen LogP contribution in [0.2, 0.25) is 5.02 Å². The van der Waals surface area contributed by atoms with E-state index in [-0.39, 0.29) is 16.6 Å². The number of benzene rings is 2. The normalized spacial score (nSPS) is 11.3. The van der Waals surface area contributed by atoms with Crippen LogP contribution < -0.4 is 15.0 Å². The van der Waals surface area contributed by atoms with Gasteiger partial charge in [0.1, 0.15) is 0 Å². The summed E-state index contributed by atoms with van der Waals surface area (Å²) in [6, 6.07) is 14.0. The van der Waals surface area contributed by atoms with E-state index in [0.29, 0.717) is 5.69 Å². The van der Waals surface area contributed by atoms with Gasteiger partial charge in [0.05, 0.1) is 10.7 Å². The molecule has 10 heteroatoms. The number of ether oxygens (including phenoxy) is 1. The number of nitrogens with one attached hydrogen (secondary N) is 1. The molecule has 0 unspecified atom stereocenters. The quantitative estimate of drug-likeness (QED) is 0.609. The lowest BCUT2D eigenvalue weighted by molar-refractivity contribution is -0.141. The Labute approximate surface area is 175 Å². The summed E-state index contributed by atoms with van der Waals surface area (Å²) in [5.41, 5.74) is 0.527. The zero-order valence-corrected chi connectivity index (χ0v) is 16.8. The molecule has 0 spiro atoms. The molecule has 2 aromatic carbocycles. The van der Waals surface area contributed by atoms with Gasteiger partial charge >= 0.3 is 6.18 Å². The molecular weight excluding hydrogens is 421 g/mol. The Bertz CT molecular complexity index is 1030. The summed E-state index contributed by atoms with van der Waals surface area (Å²) < 4.78 is 45.6. The van der Waals surface area contributed by atoms with E-state index >= 15 is 0 Å². The molecule has 6 nitrogen and oxygen atoms in total. The Balaban J connectivity index is 1.76. The Morgan fingerprint density at radius 1 is 1.17 bits per heavy atom. The molecule has 1 amide bonds. The Hall–Kier alpha value is -3.20. The van der Waals surface area contributed by atoms with Crippen molar-refractivity contribution in [1.29, 1.82) is 0 Å². The fourth-order valence-corrected chi connectivity index (χ4v) is 2.80. The standard InChI is InChI=1S/C20H18ClF3N4O2/c1-27(2)14-9-7-13(8-10-14)25-18(29)12-30-19-11-17(20(22,23)24)26-28(19)16-6-4-3-5-15(16)21/h3-11H,12H2,1-2H3,(H,25,29). The van der Waals surface area contributed by atoms with Crippen molar-refractivity contribution in [2.24, 2.45) is 0 Å². The number of nitrogens with zero attached hydrogens (tertiary/aromatic N) is 3. The molecule has 158 valence electrons. The zero-order chi connectivity index (χ0) is 21.9. The van der Waals surface area contributed by atoms with Crippen LogP contribution in [-0.2, 0) is 11.0 Å². The third kappa shape index (κ3) is 5.04. The van der Waals surface area contributed by atoms with Crippen molar-refractivity contribution in [3.05, 3.63) is 65.3 Å². The van der Waals surface area contributed by atoms with Gasteiger partial charge in [-0.15, -0.1) is 0 Å². The Morgan fingerprint density at radius 3 is 2.43 bits per heavy atom. The first-order chi connectivity index (χ1) is 14.1. The van der Waals surface area contributed by atoms with E-state index in [1.165, 1.54) is 12.1 Å². The molecule has 0 atom stereocenters. The average Bonchev–Trinajstić information content (AvgIpc) is 3.12. The molecule has 1 aromatic heterocycles. The molecule has 0 saturated heterocycles. The lowest BCUT2D eigenvalue weighted by Gasteiger charge is -2.13. The van der Waals surface area contributed by atoms with Gasteiger partial charge < -0.3 is 15.0 Å². The van der Waals surface area contributed by atoms with Gasteiger partial charge in [0.15, 0.2) is 12.3 Å².